The molecule has 0 aliphatic heterocycles. The number of nitrogens with one attached hydrogen (secondary N) is 3. The van der Waals surface area contributed by atoms with Gasteiger partial charge in [0, 0.05) is 11.7 Å². The van der Waals surface area contributed by atoms with E-state index in [0.717, 1.165) is 23.4 Å². The maximum absolute atomic E-state index is 13.1. The quantitative estimate of drug-likeness (QED) is 0.733. The summed E-state index contributed by atoms with van der Waals surface area (Å²) in [4.78, 5) is 12.0. The van der Waals surface area contributed by atoms with Gasteiger partial charge >= 0.3 is 12.2 Å². The Morgan fingerprint density at radius 2 is 2.12 bits per heavy atom. The summed E-state index contributed by atoms with van der Waals surface area (Å²) in [7, 11) is 0. The first-order valence-electron chi connectivity index (χ1n) is 7.28. The number of rotatable bonds is 2. The van der Waals surface area contributed by atoms with Crippen molar-refractivity contribution in [3.63, 3.8) is 0 Å². The summed E-state index contributed by atoms with van der Waals surface area (Å²) in [6, 6.07) is 1.15. The summed E-state index contributed by atoms with van der Waals surface area (Å²) >= 11 is 0. The van der Waals surface area contributed by atoms with Gasteiger partial charge in [-0.3, -0.25) is 5.10 Å². The summed E-state index contributed by atoms with van der Waals surface area (Å²) in [5.74, 6) is -1.02. The zero-order chi connectivity index (χ0) is 17.3. The zero-order valence-corrected chi connectivity index (χ0v) is 12.4. The molecule has 0 spiro atoms. The van der Waals surface area contributed by atoms with Crippen LogP contribution in [0.5, 0.6) is 0 Å². The van der Waals surface area contributed by atoms with Gasteiger partial charge in [-0.15, -0.1) is 0 Å². The Morgan fingerprint density at radius 3 is 2.88 bits per heavy atom. The van der Waals surface area contributed by atoms with E-state index in [9.17, 15) is 22.4 Å². The number of halogens is 4. The highest BCUT2D eigenvalue weighted by molar-refractivity contribution is 5.90. The first-order chi connectivity index (χ1) is 11.3. The second-order valence-corrected chi connectivity index (χ2v) is 5.60. The standard InChI is InChI=1S/C15H14F4N4O/c16-9-1-3-13(11(6-9)15(17,18)19)22-14(24)21-10-2-4-12-8(5-10)7-20-23-12/h1,3,6-7,10H,2,4-5H2,(H,20,23)(H2,21,22,24)/t10-/m1/s1. The number of alkyl halides is 3. The SMILES string of the molecule is O=C(Nc1ccc(F)cc1C(F)(F)F)N[C@@H]1CCc2[nH]ncc2C1. The summed E-state index contributed by atoms with van der Waals surface area (Å²) in [5.41, 5.74) is 0.273. The minimum absolute atomic E-state index is 0.204. The third kappa shape index (κ3) is 3.50. The molecule has 1 heterocycles. The van der Waals surface area contributed by atoms with E-state index in [2.05, 4.69) is 20.8 Å². The maximum atomic E-state index is 13.1. The van der Waals surface area contributed by atoms with Gasteiger partial charge < -0.3 is 10.6 Å². The number of hydrogen-bond donors (Lipinski definition) is 3. The molecule has 1 aliphatic rings. The summed E-state index contributed by atoms with van der Waals surface area (Å²) in [6.45, 7) is 0. The van der Waals surface area contributed by atoms with Crippen LogP contribution in [0, 0.1) is 5.82 Å². The van der Waals surface area contributed by atoms with Crippen molar-refractivity contribution < 1.29 is 22.4 Å². The Kier molecular flexibility index (Phi) is 4.16. The molecule has 0 fully saturated rings. The molecule has 1 atom stereocenters. The Hall–Kier alpha value is -2.58. The molecule has 1 aromatic heterocycles. The minimum atomic E-state index is -4.76. The zero-order valence-electron chi connectivity index (χ0n) is 12.4. The van der Waals surface area contributed by atoms with Gasteiger partial charge in [0.05, 0.1) is 17.4 Å². The van der Waals surface area contributed by atoms with Crippen LogP contribution in [0.3, 0.4) is 0 Å². The van der Waals surface area contributed by atoms with E-state index < -0.39 is 29.3 Å². The molecule has 2 aromatic rings. The molecule has 128 valence electrons. The van der Waals surface area contributed by atoms with E-state index in [1.54, 1.807) is 6.20 Å². The molecular weight excluding hydrogens is 328 g/mol. The number of aromatic amines is 1. The number of nitrogens with zero attached hydrogens (tertiary/aromatic N) is 1. The van der Waals surface area contributed by atoms with Crippen LogP contribution in [0.2, 0.25) is 0 Å². The summed E-state index contributed by atoms with van der Waals surface area (Å²) < 4.78 is 51.8. The number of anilines is 1. The molecule has 0 unspecified atom stereocenters. The van der Waals surface area contributed by atoms with E-state index in [-0.39, 0.29) is 6.04 Å². The average molecular weight is 342 g/mol. The monoisotopic (exact) mass is 342 g/mol. The number of H-pyrrole nitrogens is 1. The van der Waals surface area contributed by atoms with Gasteiger partial charge in [0.25, 0.3) is 0 Å². The molecule has 0 bridgehead atoms. The Labute approximate surface area is 134 Å². The Bertz CT molecular complexity index is 756. The number of amides is 2. The number of fused-ring (bicyclic) bond motifs is 1. The van der Waals surface area contributed by atoms with E-state index in [1.807, 2.05) is 0 Å². The van der Waals surface area contributed by atoms with Crippen molar-refractivity contribution in [2.45, 2.75) is 31.5 Å². The molecule has 3 rings (SSSR count). The van der Waals surface area contributed by atoms with Gasteiger partial charge in [-0.05, 0) is 43.0 Å². The number of benzene rings is 1. The van der Waals surface area contributed by atoms with Crippen molar-refractivity contribution in [1.82, 2.24) is 15.5 Å². The average Bonchev–Trinajstić information content (AvgIpc) is 2.95. The molecule has 5 nitrogen and oxygen atoms in total. The second-order valence-electron chi connectivity index (χ2n) is 5.60. The van der Waals surface area contributed by atoms with Crippen LogP contribution < -0.4 is 10.6 Å². The van der Waals surface area contributed by atoms with Crippen LogP contribution in [-0.2, 0) is 19.0 Å². The van der Waals surface area contributed by atoms with Gasteiger partial charge in [-0.25, -0.2) is 9.18 Å². The first-order valence-corrected chi connectivity index (χ1v) is 7.28. The van der Waals surface area contributed by atoms with Gasteiger partial charge in [0.15, 0.2) is 0 Å². The molecule has 3 N–H and O–H groups in total. The Morgan fingerprint density at radius 1 is 1.33 bits per heavy atom. The number of urea groups is 1. The number of hydrogen-bond acceptors (Lipinski definition) is 2. The molecule has 0 saturated carbocycles. The highest BCUT2D eigenvalue weighted by Crippen LogP contribution is 2.35. The molecule has 9 heteroatoms. The normalized spacial score (nSPS) is 17.2. The van der Waals surface area contributed by atoms with Gasteiger partial charge in [0.2, 0.25) is 0 Å². The lowest BCUT2D eigenvalue weighted by atomic mass is 9.94. The van der Waals surface area contributed by atoms with Gasteiger partial charge in [0.1, 0.15) is 5.82 Å². The van der Waals surface area contributed by atoms with E-state index in [0.29, 0.717) is 25.3 Å². The van der Waals surface area contributed by atoms with Crippen LogP contribution >= 0.6 is 0 Å². The van der Waals surface area contributed by atoms with E-state index in [4.69, 9.17) is 0 Å². The van der Waals surface area contributed by atoms with Crippen molar-refractivity contribution in [3.05, 3.63) is 47.0 Å². The highest BCUT2D eigenvalue weighted by atomic mass is 19.4. The summed E-state index contributed by atoms with van der Waals surface area (Å²) in [5, 5.41) is 11.6. The molecule has 24 heavy (non-hydrogen) atoms. The predicted molar refractivity (Wildman–Crippen MR) is 78.0 cm³/mol. The summed E-state index contributed by atoms with van der Waals surface area (Å²) in [6.07, 6.45) is -1.19. The predicted octanol–water partition coefficient (Wildman–Crippen LogP) is 3.25. The molecule has 1 aromatic carbocycles. The van der Waals surface area contributed by atoms with Crippen molar-refractivity contribution >= 4 is 11.7 Å². The van der Waals surface area contributed by atoms with Crippen LogP contribution in [-0.4, -0.2) is 22.3 Å². The molecule has 0 radical (unpaired) electrons. The molecular formula is C15H14F4N4O. The van der Waals surface area contributed by atoms with E-state index >= 15 is 0 Å². The fourth-order valence-corrected chi connectivity index (χ4v) is 2.74. The van der Waals surface area contributed by atoms with Crippen LogP contribution in [0.4, 0.5) is 28.0 Å². The number of carbonyl (C=O) groups is 1. The minimum Gasteiger partial charge on any atom is -0.335 e. The lowest BCUT2D eigenvalue weighted by molar-refractivity contribution is -0.137. The lowest BCUT2D eigenvalue weighted by Crippen LogP contribution is -2.41. The Balaban J connectivity index is 1.68. The van der Waals surface area contributed by atoms with Crippen molar-refractivity contribution in [3.8, 4) is 0 Å². The first kappa shape index (κ1) is 16.3. The van der Waals surface area contributed by atoms with Crippen LogP contribution in [0.15, 0.2) is 24.4 Å². The fraction of sp³-hybridized carbons (Fsp3) is 0.333. The topological polar surface area (TPSA) is 69.8 Å². The highest BCUT2D eigenvalue weighted by Gasteiger charge is 2.34. The van der Waals surface area contributed by atoms with Crippen molar-refractivity contribution in [1.29, 1.82) is 0 Å². The van der Waals surface area contributed by atoms with Crippen LogP contribution in [0.25, 0.3) is 0 Å². The maximum Gasteiger partial charge on any atom is 0.418 e. The number of aryl methyl sites for hydroxylation is 1. The molecule has 2 amide bonds. The molecule has 0 saturated heterocycles. The number of aromatic nitrogens is 2. The largest absolute Gasteiger partial charge is 0.418 e. The second kappa shape index (κ2) is 6.14. The van der Waals surface area contributed by atoms with Crippen molar-refractivity contribution in [2.75, 3.05) is 5.32 Å². The smallest absolute Gasteiger partial charge is 0.335 e. The van der Waals surface area contributed by atoms with Crippen LogP contribution in [0.1, 0.15) is 23.2 Å². The van der Waals surface area contributed by atoms with Crippen molar-refractivity contribution in [2.24, 2.45) is 0 Å². The third-order valence-corrected chi connectivity index (χ3v) is 3.89. The number of carbonyl (C=O) groups excluding carboxylic acids is 1. The van der Waals surface area contributed by atoms with E-state index in [1.165, 1.54) is 0 Å². The fourth-order valence-electron chi connectivity index (χ4n) is 2.74. The lowest BCUT2D eigenvalue weighted by Gasteiger charge is -2.23. The third-order valence-electron chi connectivity index (χ3n) is 3.89. The van der Waals surface area contributed by atoms with Gasteiger partial charge in [-0.2, -0.15) is 18.3 Å². The molecule has 1 aliphatic carbocycles. The van der Waals surface area contributed by atoms with Gasteiger partial charge in [-0.1, -0.05) is 0 Å².